The molecule has 3 nitrogen and oxygen atoms in total. The van der Waals surface area contributed by atoms with Gasteiger partial charge in [0.2, 0.25) is 0 Å². The third kappa shape index (κ3) is 6.19. The van der Waals surface area contributed by atoms with Crippen molar-refractivity contribution < 1.29 is 5.11 Å². The molecule has 3 N–H and O–H groups in total. The Morgan fingerprint density at radius 2 is 1.08 bits per heavy atom. The fraction of sp³-hybridized carbons (Fsp3) is 0.424. The van der Waals surface area contributed by atoms with Crippen LogP contribution in [0.1, 0.15) is 125 Å². The summed E-state index contributed by atoms with van der Waals surface area (Å²) in [7, 11) is 0. The predicted molar refractivity (Wildman–Crippen MR) is 156 cm³/mol. The molecule has 3 heteroatoms. The summed E-state index contributed by atoms with van der Waals surface area (Å²) in [5.74, 6) is 1.74. The Bertz CT molecular complexity index is 1170. The number of phenols is 1. The van der Waals surface area contributed by atoms with Gasteiger partial charge >= 0.3 is 0 Å². The number of hydrogen-bond acceptors (Lipinski definition) is 3. The molecule has 0 radical (unpaired) electrons. The van der Waals surface area contributed by atoms with E-state index in [1.165, 1.54) is 33.4 Å². The van der Waals surface area contributed by atoms with Gasteiger partial charge in [0.1, 0.15) is 5.75 Å². The van der Waals surface area contributed by atoms with Crippen molar-refractivity contribution in [2.45, 2.75) is 92.4 Å². The SMILES string of the molecule is C/C(=N\c1c(C(C)C)cc(Cc2cc(C(C)C)c(N)c(C(C)C)c2)cc1C(C)C)c1ccc(O)cc1. The Hall–Kier alpha value is -3.07. The monoisotopic (exact) mass is 484 g/mol. The molecule has 0 bridgehead atoms. The molecule has 192 valence electrons. The lowest BCUT2D eigenvalue weighted by molar-refractivity contribution is 0.475. The minimum absolute atomic E-state index is 0.269. The number of aromatic hydroxyl groups is 1. The van der Waals surface area contributed by atoms with E-state index >= 15 is 0 Å². The molecular weight excluding hydrogens is 440 g/mol. The van der Waals surface area contributed by atoms with E-state index in [0.717, 1.165) is 29.1 Å². The number of nitrogens with two attached hydrogens (primary N) is 1. The molecule has 0 aliphatic rings. The highest BCUT2D eigenvalue weighted by Gasteiger charge is 2.18. The molecule has 3 aromatic carbocycles. The fourth-order valence-electron chi connectivity index (χ4n) is 4.85. The van der Waals surface area contributed by atoms with Crippen molar-refractivity contribution in [3.05, 3.63) is 87.5 Å². The van der Waals surface area contributed by atoms with Crippen molar-refractivity contribution in [2.24, 2.45) is 4.99 Å². The molecule has 0 aliphatic heterocycles. The molecule has 0 atom stereocenters. The summed E-state index contributed by atoms with van der Waals surface area (Å²) in [5, 5.41) is 9.68. The first-order valence-corrected chi connectivity index (χ1v) is 13.3. The average Bonchev–Trinajstić information content (AvgIpc) is 2.80. The fourth-order valence-corrected chi connectivity index (χ4v) is 4.85. The highest BCUT2D eigenvalue weighted by molar-refractivity contribution is 6.00. The smallest absolute Gasteiger partial charge is 0.115 e. The third-order valence-electron chi connectivity index (χ3n) is 6.99. The largest absolute Gasteiger partial charge is 0.508 e. The maximum atomic E-state index is 9.68. The van der Waals surface area contributed by atoms with Crippen LogP contribution < -0.4 is 5.73 Å². The summed E-state index contributed by atoms with van der Waals surface area (Å²) in [6, 6.07) is 16.6. The van der Waals surface area contributed by atoms with Crippen molar-refractivity contribution in [3.8, 4) is 5.75 Å². The number of rotatable bonds is 8. The number of nitrogen functional groups attached to an aromatic ring is 1. The first-order chi connectivity index (χ1) is 16.9. The summed E-state index contributed by atoms with van der Waals surface area (Å²) in [5.41, 5.74) is 18.2. The van der Waals surface area contributed by atoms with Crippen LogP contribution in [0.3, 0.4) is 0 Å². The van der Waals surface area contributed by atoms with Gasteiger partial charge < -0.3 is 10.8 Å². The Balaban J connectivity index is 2.13. The van der Waals surface area contributed by atoms with E-state index in [9.17, 15) is 5.11 Å². The van der Waals surface area contributed by atoms with E-state index in [0.29, 0.717) is 23.7 Å². The van der Waals surface area contributed by atoms with Crippen LogP contribution in [0.5, 0.6) is 5.75 Å². The lowest BCUT2D eigenvalue weighted by Crippen LogP contribution is -2.06. The quantitative estimate of drug-likeness (QED) is 0.247. The summed E-state index contributed by atoms with van der Waals surface area (Å²) in [4.78, 5) is 5.15. The van der Waals surface area contributed by atoms with E-state index in [4.69, 9.17) is 10.7 Å². The number of benzene rings is 3. The van der Waals surface area contributed by atoms with Crippen LogP contribution in [0.25, 0.3) is 0 Å². The van der Waals surface area contributed by atoms with Crippen molar-refractivity contribution >= 4 is 17.1 Å². The Morgan fingerprint density at radius 1 is 0.694 bits per heavy atom. The standard InChI is InChI=1S/C33H44N2O/c1-19(2)28-15-24(16-29(20(3)4)32(28)34)14-25-17-30(21(5)6)33(31(18-25)22(7)8)35-23(9)26-10-12-27(36)13-11-26/h10-13,15-22,36H,14,34H2,1-9H3/b35-23+. The zero-order valence-corrected chi connectivity index (χ0v) is 23.6. The summed E-state index contributed by atoms with van der Waals surface area (Å²) >= 11 is 0. The van der Waals surface area contributed by atoms with E-state index < -0.39 is 0 Å². The average molecular weight is 485 g/mol. The van der Waals surface area contributed by atoms with E-state index in [1.807, 2.05) is 19.1 Å². The lowest BCUT2D eigenvalue weighted by atomic mass is 9.86. The normalized spacial score (nSPS) is 12.4. The maximum absolute atomic E-state index is 9.68. The molecule has 0 aromatic heterocycles. The van der Waals surface area contributed by atoms with Gasteiger partial charge in [-0.2, -0.15) is 0 Å². The number of aliphatic imine (C=N–C) groups is 1. The van der Waals surface area contributed by atoms with Gasteiger partial charge in [0, 0.05) is 11.4 Å². The first kappa shape index (κ1) is 27.5. The Labute approximate surface area is 218 Å². The molecule has 3 rings (SSSR count). The van der Waals surface area contributed by atoms with Gasteiger partial charge in [-0.3, -0.25) is 4.99 Å². The van der Waals surface area contributed by atoms with Crippen LogP contribution in [-0.4, -0.2) is 10.8 Å². The third-order valence-corrected chi connectivity index (χ3v) is 6.99. The molecule has 0 saturated heterocycles. The van der Waals surface area contributed by atoms with E-state index in [2.05, 4.69) is 79.7 Å². The van der Waals surface area contributed by atoms with Gasteiger partial charge in [-0.25, -0.2) is 0 Å². The molecule has 3 aromatic rings. The van der Waals surface area contributed by atoms with Gasteiger partial charge in [0.15, 0.2) is 0 Å². The van der Waals surface area contributed by atoms with Crippen molar-refractivity contribution in [2.75, 3.05) is 5.73 Å². The molecule has 0 fully saturated rings. The molecule has 0 amide bonds. The van der Waals surface area contributed by atoms with Crippen LogP contribution in [0.2, 0.25) is 0 Å². The van der Waals surface area contributed by atoms with Crippen molar-refractivity contribution in [1.29, 1.82) is 0 Å². The van der Waals surface area contributed by atoms with Crippen molar-refractivity contribution in [1.82, 2.24) is 0 Å². The number of phenolic OH excluding ortho intramolecular Hbond substituents is 1. The summed E-state index contributed by atoms with van der Waals surface area (Å²) in [6.07, 6.45) is 0.875. The minimum Gasteiger partial charge on any atom is -0.508 e. The van der Waals surface area contributed by atoms with Gasteiger partial charge in [0.05, 0.1) is 5.69 Å². The number of nitrogens with zero attached hydrogens (tertiary/aromatic N) is 1. The van der Waals surface area contributed by atoms with Crippen LogP contribution in [-0.2, 0) is 6.42 Å². The molecular formula is C33H44N2O. The second-order valence-electron chi connectivity index (χ2n) is 11.4. The molecule has 36 heavy (non-hydrogen) atoms. The molecule has 0 unspecified atom stereocenters. The molecule has 0 aliphatic carbocycles. The highest BCUT2D eigenvalue weighted by Crippen LogP contribution is 2.38. The highest BCUT2D eigenvalue weighted by atomic mass is 16.3. The Morgan fingerprint density at radius 3 is 1.47 bits per heavy atom. The van der Waals surface area contributed by atoms with E-state index in [1.54, 1.807) is 12.1 Å². The number of anilines is 1. The maximum Gasteiger partial charge on any atom is 0.115 e. The zero-order valence-electron chi connectivity index (χ0n) is 23.6. The van der Waals surface area contributed by atoms with E-state index in [-0.39, 0.29) is 5.75 Å². The van der Waals surface area contributed by atoms with Crippen molar-refractivity contribution in [3.63, 3.8) is 0 Å². The minimum atomic E-state index is 0.269. The van der Waals surface area contributed by atoms with Crippen LogP contribution in [0, 0.1) is 0 Å². The summed E-state index contributed by atoms with van der Waals surface area (Å²) in [6.45, 7) is 19.9. The molecule has 0 heterocycles. The number of hydrogen-bond donors (Lipinski definition) is 2. The van der Waals surface area contributed by atoms with Crippen LogP contribution in [0.15, 0.2) is 53.5 Å². The first-order valence-electron chi connectivity index (χ1n) is 13.3. The molecule has 0 spiro atoms. The Kier molecular flexibility index (Phi) is 8.66. The van der Waals surface area contributed by atoms with Gasteiger partial charge in [-0.1, -0.05) is 79.7 Å². The topological polar surface area (TPSA) is 58.6 Å². The lowest BCUT2D eigenvalue weighted by Gasteiger charge is -2.21. The summed E-state index contributed by atoms with van der Waals surface area (Å²) < 4.78 is 0. The van der Waals surface area contributed by atoms with Gasteiger partial charge in [-0.05, 0) is 100 Å². The predicted octanol–water partition coefficient (Wildman–Crippen LogP) is 9.20. The van der Waals surface area contributed by atoms with Gasteiger partial charge in [-0.15, -0.1) is 0 Å². The molecule has 0 saturated carbocycles. The van der Waals surface area contributed by atoms with Crippen LogP contribution >= 0.6 is 0 Å². The zero-order chi connectivity index (χ0) is 26.7. The second kappa shape index (κ2) is 11.3. The second-order valence-corrected chi connectivity index (χ2v) is 11.4. The van der Waals surface area contributed by atoms with Gasteiger partial charge in [0.25, 0.3) is 0 Å². The van der Waals surface area contributed by atoms with Crippen LogP contribution in [0.4, 0.5) is 11.4 Å².